The van der Waals surface area contributed by atoms with E-state index in [-0.39, 0.29) is 11.0 Å². The van der Waals surface area contributed by atoms with Crippen LogP contribution in [0, 0.1) is 11.3 Å². The van der Waals surface area contributed by atoms with Gasteiger partial charge >= 0.3 is 0 Å². The second-order valence-electron chi connectivity index (χ2n) is 6.59. The minimum atomic E-state index is 0.0752. The second kappa shape index (κ2) is 3.57. The Kier molecular flexibility index (Phi) is 2.32. The summed E-state index contributed by atoms with van der Waals surface area (Å²) in [5.41, 5.74) is 4.15. The minimum Gasteiger partial charge on any atom is -0.282 e. The molecule has 1 aliphatic heterocycles. The van der Waals surface area contributed by atoms with Gasteiger partial charge in [0.1, 0.15) is 0 Å². The fourth-order valence-electron chi connectivity index (χ4n) is 3.96. The summed E-state index contributed by atoms with van der Waals surface area (Å²) in [6.07, 6.45) is 2.18. The molecule has 0 spiro atoms. The molecule has 0 N–H and O–H groups in total. The standard InChI is InChI=1S/C17H21N/c1-12-10-14-16(2,3)15(18-17(14,4)11-12)13-8-6-5-7-9-13/h5-9,14H,1,10-11H2,2-4H3/t14-,17-/m1/s1. The first-order valence-electron chi connectivity index (χ1n) is 6.76. The maximum Gasteiger partial charge on any atom is 0.0660 e. The zero-order valence-electron chi connectivity index (χ0n) is 11.5. The molecule has 18 heavy (non-hydrogen) atoms. The van der Waals surface area contributed by atoms with Crippen molar-refractivity contribution in [3.8, 4) is 0 Å². The van der Waals surface area contributed by atoms with E-state index in [0.29, 0.717) is 5.92 Å². The van der Waals surface area contributed by atoms with Crippen molar-refractivity contribution in [2.45, 2.75) is 39.2 Å². The number of nitrogens with zero attached hydrogens (tertiary/aromatic N) is 1. The van der Waals surface area contributed by atoms with Crippen LogP contribution >= 0.6 is 0 Å². The van der Waals surface area contributed by atoms with Gasteiger partial charge in [-0.2, -0.15) is 0 Å². The topological polar surface area (TPSA) is 12.4 Å². The Bertz CT molecular complexity index is 524. The van der Waals surface area contributed by atoms with Crippen molar-refractivity contribution in [3.63, 3.8) is 0 Å². The van der Waals surface area contributed by atoms with Gasteiger partial charge in [0.25, 0.3) is 0 Å². The highest BCUT2D eigenvalue weighted by Crippen LogP contribution is 2.56. The maximum atomic E-state index is 5.11. The molecule has 1 fully saturated rings. The molecule has 0 aromatic heterocycles. The summed E-state index contributed by atoms with van der Waals surface area (Å²) in [6, 6.07) is 10.6. The molecular weight excluding hydrogens is 218 g/mol. The molecule has 1 aromatic rings. The average Bonchev–Trinajstić information content (AvgIpc) is 2.72. The Morgan fingerprint density at radius 3 is 2.44 bits per heavy atom. The number of benzene rings is 1. The van der Waals surface area contributed by atoms with Gasteiger partial charge in [0, 0.05) is 11.1 Å². The summed E-state index contributed by atoms with van der Waals surface area (Å²) in [5, 5.41) is 0. The molecule has 1 saturated carbocycles. The first kappa shape index (κ1) is 11.7. The van der Waals surface area contributed by atoms with Crippen LogP contribution in [0.3, 0.4) is 0 Å². The van der Waals surface area contributed by atoms with Gasteiger partial charge in [0.15, 0.2) is 0 Å². The van der Waals surface area contributed by atoms with Crippen LogP contribution in [0.5, 0.6) is 0 Å². The quantitative estimate of drug-likeness (QED) is 0.650. The summed E-state index contributed by atoms with van der Waals surface area (Å²) in [6.45, 7) is 11.2. The van der Waals surface area contributed by atoms with E-state index >= 15 is 0 Å². The number of hydrogen-bond acceptors (Lipinski definition) is 1. The Balaban J connectivity index is 2.10. The van der Waals surface area contributed by atoms with E-state index in [0.717, 1.165) is 12.8 Å². The number of aliphatic imine (C=N–C) groups is 1. The highest BCUT2D eigenvalue weighted by Gasteiger charge is 2.55. The molecular formula is C17H21N. The minimum absolute atomic E-state index is 0.0752. The maximum absolute atomic E-state index is 5.11. The predicted octanol–water partition coefficient (Wildman–Crippen LogP) is 4.24. The molecule has 0 saturated heterocycles. The molecule has 1 heterocycles. The lowest BCUT2D eigenvalue weighted by atomic mass is 9.70. The van der Waals surface area contributed by atoms with Crippen LogP contribution in [0.4, 0.5) is 0 Å². The molecule has 1 aliphatic carbocycles. The van der Waals surface area contributed by atoms with E-state index in [9.17, 15) is 0 Å². The first-order valence-corrected chi connectivity index (χ1v) is 6.76. The van der Waals surface area contributed by atoms with Gasteiger partial charge in [-0.3, -0.25) is 4.99 Å². The number of rotatable bonds is 1. The van der Waals surface area contributed by atoms with E-state index in [1.165, 1.54) is 16.8 Å². The fraction of sp³-hybridized carbons (Fsp3) is 0.471. The summed E-state index contributed by atoms with van der Waals surface area (Å²) in [5.74, 6) is 0.604. The van der Waals surface area contributed by atoms with E-state index in [4.69, 9.17) is 4.99 Å². The van der Waals surface area contributed by atoms with Crippen molar-refractivity contribution in [2.75, 3.05) is 0 Å². The van der Waals surface area contributed by atoms with Crippen LogP contribution in [0.2, 0.25) is 0 Å². The Morgan fingerprint density at radius 1 is 1.17 bits per heavy atom. The fourth-order valence-corrected chi connectivity index (χ4v) is 3.96. The van der Waals surface area contributed by atoms with Gasteiger partial charge in [-0.15, -0.1) is 0 Å². The third kappa shape index (κ3) is 1.50. The Morgan fingerprint density at radius 2 is 1.83 bits per heavy atom. The lowest BCUT2D eigenvalue weighted by Crippen LogP contribution is -2.34. The highest BCUT2D eigenvalue weighted by molar-refractivity contribution is 6.06. The molecule has 1 heteroatoms. The molecule has 0 amide bonds. The summed E-state index contributed by atoms with van der Waals surface area (Å²) < 4.78 is 0. The van der Waals surface area contributed by atoms with Gasteiger partial charge in [0.05, 0.1) is 5.54 Å². The van der Waals surface area contributed by atoms with E-state index in [1.54, 1.807) is 0 Å². The molecule has 0 bridgehead atoms. The van der Waals surface area contributed by atoms with Gasteiger partial charge in [-0.25, -0.2) is 0 Å². The average molecular weight is 239 g/mol. The SMILES string of the molecule is C=C1C[C@@H]2C(C)(C)C(c3ccccc3)=N[C@]2(C)C1. The zero-order valence-corrected chi connectivity index (χ0v) is 11.5. The molecule has 2 aliphatic rings. The van der Waals surface area contributed by atoms with Gasteiger partial charge in [-0.05, 0) is 31.2 Å². The van der Waals surface area contributed by atoms with Crippen molar-refractivity contribution in [1.29, 1.82) is 0 Å². The number of hydrogen-bond donors (Lipinski definition) is 0. The largest absolute Gasteiger partial charge is 0.282 e. The van der Waals surface area contributed by atoms with Gasteiger partial charge < -0.3 is 0 Å². The first-order chi connectivity index (χ1) is 8.43. The van der Waals surface area contributed by atoms with Crippen molar-refractivity contribution in [1.82, 2.24) is 0 Å². The Labute approximate surface area is 110 Å². The molecule has 0 radical (unpaired) electrons. The van der Waals surface area contributed by atoms with Crippen LogP contribution in [0.1, 0.15) is 39.2 Å². The van der Waals surface area contributed by atoms with Gasteiger partial charge in [0.2, 0.25) is 0 Å². The summed E-state index contributed by atoms with van der Waals surface area (Å²) >= 11 is 0. The van der Waals surface area contributed by atoms with Crippen molar-refractivity contribution in [3.05, 3.63) is 48.0 Å². The third-order valence-electron chi connectivity index (χ3n) is 4.75. The van der Waals surface area contributed by atoms with Crippen molar-refractivity contribution < 1.29 is 0 Å². The summed E-state index contributed by atoms with van der Waals surface area (Å²) in [4.78, 5) is 5.11. The van der Waals surface area contributed by atoms with E-state index < -0.39 is 0 Å². The van der Waals surface area contributed by atoms with Crippen LogP contribution in [0.25, 0.3) is 0 Å². The van der Waals surface area contributed by atoms with Crippen molar-refractivity contribution in [2.24, 2.45) is 16.3 Å². The smallest absolute Gasteiger partial charge is 0.0660 e. The highest BCUT2D eigenvalue weighted by atomic mass is 15.0. The molecule has 0 unspecified atom stereocenters. The van der Waals surface area contributed by atoms with E-state index in [2.05, 4.69) is 57.7 Å². The third-order valence-corrected chi connectivity index (χ3v) is 4.75. The molecule has 3 rings (SSSR count). The summed E-state index contributed by atoms with van der Waals surface area (Å²) in [7, 11) is 0. The van der Waals surface area contributed by atoms with Crippen LogP contribution in [-0.2, 0) is 0 Å². The van der Waals surface area contributed by atoms with Crippen LogP contribution in [0.15, 0.2) is 47.5 Å². The molecule has 94 valence electrons. The molecule has 2 atom stereocenters. The van der Waals surface area contributed by atoms with Crippen LogP contribution < -0.4 is 0 Å². The second-order valence-corrected chi connectivity index (χ2v) is 6.59. The predicted molar refractivity (Wildman–Crippen MR) is 77.0 cm³/mol. The van der Waals surface area contributed by atoms with E-state index in [1.807, 2.05) is 0 Å². The zero-order chi connectivity index (χ0) is 13.0. The normalized spacial score (nSPS) is 33.4. The molecule has 1 aromatic carbocycles. The number of fused-ring (bicyclic) bond motifs is 1. The van der Waals surface area contributed by atoms with Crippen LogP contribution in [-0.4, -0.2) is 11.3 Å². The Hall–Kier alpha value is -1.37. The monoisotopic (exact) mass is 239 g/mol. The lowest BCUT2D eigenvalue weighted by Gasteiger charge is -2.31. The van der Waals surface area contributed by atoms with Gasteiger partial charge in [-0.1, -0.05) is 56.3 Å². The molecule has 1 nitrogen and oxygen atoms in total. The lowest BCUT2D eigenvalue weighted by molar-refractivity contribution is 0.255. The van der Waals surface area contributed by atoms with Crippen molar-refractivity contribution >= 4 is 5.71 Å².